The van der Waals surface area contributed by atoms with Crippen LogP contribution in [0.1, 0.15) is 11.6 Å². The monoisotopic (exact) mass is 264 g/mol. The maximum Gasteiger partial charge on any atom is 0.319 e. The number of hydrogen-bond donors (Lipinski definition) is 1. The quantitative estimate of drug-likeness (QED) is 0.816. The van der Waals surface area contributed by atoms with Crippen molar-refractivity contribution in [2.24, 2.45) is 0 Å². The third-order valence-corrected chi connectivity index (χ3v) is 3.34. The number of ether oxygens (including phenoxy) is 2. The van der Waals surface area contributed by atoms with Crippen LogP contribution in [0.3, 0.4) is 0 Å². The summed E-state index contributed by atoms with van der Waals surface area (Å²) in [6.07, 6.45) is 0. The van der Waals surface area contributed by atoms with E-state index < -0.39 is 0 Å². The minimum absolute atomic E-state index is 0.189. The van der Waals surface area contributed by atoms with E-state index in [1.165, 1.54) is 12.7 Å². The Morgan fingerprint density at radius 3 is 3.05 bits per heavy atom. The molecule has 1 heterocycles. The summed E-state index contributed by atoms with van der Waals surface area (Å²) in [6.45, 7) is 2.86. The van der Waals surface area contributed by atoms with Gasteiger partial charge in [-0.2, -0.15) is 0 Å². The van der Waals surface area contributed by atoms with E-state index in [2.05, 4.69) is 16.3 Å². The summed E-state index contributed by atoms with van der Waals surface area (Å²) < 4.78 is 9.95. The predicted octanol–water partition coefficient (Wildman–Crippen LogP) is 0.814. The van der Waals surface area contributed by atoms with Crippen molar-refractivity contribution in [3.05, 3.63) is 29.8 Å². The van der Waals surface area contributed by atoms with Gasteiger partial charge in [-0.3, -0.25) is 9.69 Å². The van der Waals surface area contributed by atoms with E-state index in [-0.39, 0.29) is 12.0 Å². The van der Waals surface area contributed by atoms with Gasteiger partial charge in [-0.05, 0) is 17.7 Å². The van der Waals surface area contributed by atoms with Crippen LogP contribution in [-0.4, -0.2) is 51.3 Å². The van der Waals surface area contributed by atoms with Crippen LogP contribution in [-0.2, 0) is 9.53 Å². The van der Waals surface area contributed by atoms with E-state index in [1.54, 1.807) is 7.11 Å². The molecule has 0 radical (unpaired) electrons. The molecule has 2 rings (SSSR count). The molecule has 1 saturated heterocycles. The third-order valence-electron chi connectivity index (χ3n) is 3.34. The van der Waals surface area contributed by atoms with Crippen molar-refractivity contribution in [1.29, 1.82) is 0 Å². The van der Waals surface area contributed by atoms with E-state index in [4.69, 9.17) is 9.47 Å². The van der Waals surface area contributed by atoms with Crippen molar-refractivity contribution in [2.45, 2.75) is 6.04 Å². The lowest BCUT2D eigenvalue weighted by Crippen LogP contribution is -2.47. The SMILES string of the molecule is COC(=O)CN1CCNC(c2cccc(OC)c2)C1. The average Bonchev–Trinajstić information content (AvgIpc) is 2.47. The van der Waals surface area contributed by atoms with Crippen molar-refractivity contribution < 1.29 is 14.3 Å². The zero-order valence-corrected chi connectivity index (χ0v) is 11.4. The van der Waals surface area contributed by atoms with Gasteiger partial charge in [0.25, 0.3) is 0 Å². The molecule has 0 spiro atoms. The van der Waals surface area contributed by atoms with Gasteiger partial charge in [0.2, 0.25) is 0 Å². The Kier molecular flexibility index (Phi) is 4.76. The minimum atomic E-state index is -0.189. The second-order valence-corrected chi connectivity index (χ2v) is 4.59. The zero-order chi connectivity index (χ0) is 13.7. The summed E-state index contributed by atoms with van der Waals surface area (Å²) in [4.78, 5) is 13.4. The first-order chi connectivity index (χ1) is 9.22. The smallest absolute Gasteiger partial charge is 0.319 e. The standard InChI is InChI=1S/C14H20N2O3/c1-18-12-5-3-4-11(8-12)13-9-16(7-6-15-13)10-14(17)19-2/h3-5,8,13,15H,6-7,9-10H2,1-2H3. The number of rotatable bonds is 4. The van der Waals surface area contributed by atoms with E-state index in [9.17, 15) is 4.79 Å². The van der Waals surface area contributed by atoms with Crippen LogP contribution in [0.5, 0.6) is 5.75 Å². The zero-order valence-electron chi connectivity index (χ0n) is 11.4. The number of esters is 1. The molecule has 0 aromatic heterocycles. The van der Waals surface area contributed by atoms with E-state index in [1.807, 2.05) is 18.2 Å². The van der Waals surface area contributed by atoms with Crippen molar-refractivity contribution in [1.82, 2.24) is 10.2 Å². The molecule has 1 atom stereocenters. The summed E-state index contributed by atoms with van der Waals surface area (Å²) in [6, 6.07) is 8.22. The number of carbonyl (C=O) groups excluding carboxylic acids is 1. The maximum absolute atomic E-state index is 11.3. The number of benzene rings is 1. The fourth-order valence-electron chi connectivity index (χ4n) is 2.28. The molecule has 0 amide bonds. The molecule has 19 heavy (non-hydrogen) atoms. The Morgan fingerprint density at radius 2 is 2.32 bits per heavy atom. The first-order valence-electron chi connectivity index (χ1n) is 6.39. The fourth-order valence-corrected chi connectivity index (χ4v) is 2.28. The van der Waals surface area contributed by atoms with Gasteiger partial charge in [-0.1, -0.05) is 12.1 Å². The third kappa shape index (κ3) is 3.68. The lowest BCUT2D eigenvalue weighted by atomic mass is 10.0. The van der Waals surface area contributed by atoms with E-state index in [0.717, 1.165) is 25.4 Å². The van der Waals surface area contributed by atoms with Gasteiger partial charge < -0.3 is 14.8 Å². The number of carbonyl (C=O) groups is 1. The minimum Gasteiger partial charge on any atom is -0.497 e. The molecule has 1 N–H and O–H groups in total. The normalized spacial score (nSPS) is 20.0. The molecule has 5 heteroatoms. The average molecular weight is 264 g/mol. The van der Waals surface area contributed by atoms with E-state index in [0.29, 0.717) is 6.54 Å². The largest absolute Gasteiger partial charge is 0.497 e. The van der Waals surface area contributed by atoms with Crippen molar-refractivity contribution >= 4 is 5.97 Å². The summed E-state index contributed by atoms with van der Waals surface area (Å²) in [5, 5.41) is 3.46. The first-order valence-corrected chi connectivity index (χ1v) is 6.39. The van der Waals surface area contributed by atoms with Crippen LogP contribution in [0.25, 0.3) is 0 Å². The molecular weight excluding hydrogens is 244 g/mol. The second-order valence-electron chi connectivity index (χ2n) is 4.59. The summed E-state index contributed by atoms with van der Waals surface area (Å²) in [7, 11) is 3.08. The highest BCUT2D eigenvalue weighted by Crippen LogP contribution is 2.21. The highest BCUT2D eigenvalue weighted by molar-refractivity contribution is 5.71. The molecular formula is C14H20N2O3. The Bertz CT molecular complexity index is 436. The van der Waals surface area contributed by atoms with Gasteiger partial charge >= 0.3 is 5.97 Å². The number of hydrogen-bond acceptors (Lipinski definition) is 5. The number of nitrogens with zero attached hydrogens (tertiary/aromatic N) is 1. The van der Waals surface area contributed by atoms with Gasteiger partial charge in [0.15, 0.2) is 0 Å². The molecule has 1 fully saturated rings. The topological polar surface area (TPSA) is 50.8 Å². The van der Waals surface area contributed by atoms with Gasteiger partial charge in [-0.25, -0.2) is 0 Å². The van der Waals surface area contributed by atoms with Crippen molar-refractivity contribution in [3.8, 4) is 5.75 Å². The van der Waals surface area contributed by atoms with Crippen LogP contribution >= 0.6 is 0 Å². The lowest BCUT2D eigenvalue weighted by molar-refractivity contribution is -0.142. The Labute approximate surface area is 113 Å². The van der Waals surface area contributed by atoms with Gasteiger partial charge in [-0.15, -0.1) is 0 Å². The fraction of sp³-hybridized carbons (Fsp3) is 0.500. The second kappa shape index (κ2) is 6.54. The molecule has 0 aliphatic carbocycles. The molecule has 104 valence electrons. The number of piperazine rings is 1. The van der Waals surface area contributed by atoms with Crippen LogP contribution in [0, 0.1) is 0 Å². The molecule has 1 unspecified atom stereocenters. The summed E-state index contributed by atoms with van der Waals surface area (Å²) >= 11 is 0. The number of nitrogens with one attached hydrogen (secondary N) is 1. The van der Waals surface area contributed by atoms with Crippen molar-refractivity contribution in [3.63, 3.8) is 0 Å². The van der Waals surface area contributed by atoms with Gasteiger partial charge in [0, 0.05) is 25.7 Å². The Balaban J connectivity index is 2.01. The molecule has 0 bridgehead atoms. The van der Waals surface area contributed by atoms with Gasteiger partial charge in [0.1, 0.15) is 5.75 Å². The van der Waals surface area contributed by atoms with Crippen LogP contribution in [0.4, 0.5) is 0 Å². The highest BCUT2D eigenvalue weighted by Gasteiger charge is 2.22. The highest BCUT2D eigenvalue weighted by atomic mass is 16.5. The summed E-state index contributed by atoms with van der Waals surface area (Å²) in [5.41, 5.74) is 1.17. The molecule has 1 aliphatic heterocycles. The molecule has 0 saturated carbocycles. The number of methoxy groups -OCH3 is 2. The Hall–Kier alpha value is -1.59. The predicted molar refractivity (Wildman–Crippen MR) is 72.2 cm³/mol. The maximum atomic E-state index is 11.3. The van der Waals surface area contributed by atoms with Crippen LogP contribution in [0.2, 0.25) is 0 Å². The van der Waals surface area contributed by atoms with Crippen LogP contribution in [0.15, 0.2) is 24.3 Å². The van der Waals surface area contributed by atoms with Gasteiger partial charge in [0.05, 0.1) is 20.8 Å². The Morgan fingerprint density at radius 1 is 1.47 bits per heavy atom. The van der Waals surface area contributed by atoms with E-state index >= 15 is 0 Å². The molecule has 1 aromatic carbocycles. The molecule has 1 aliphatic rings. The summed E-state index contributed by atoms with van der Waals surface area (Å²) in [5.74, 6) is 0.663. The first kappa shape index (κ1) is 13.8. The van der Waals surface area contributed by atoms with Crippen molar-refractivity contribution in [2.75, 3.05) is 40.4 Å². The van der Waals surface area contributed by atoms with Crippen LogP contribution < -0.4 is 10.1 Å². The molecule has 1 aromatic rings. The lowest BCUT2D eigenvalue weighted by Gasteiger charge is -2.33. The molecule has 5 nitrogen and oxygen atoms in total.